The van der Waals surface area contributed by atoms with Crippen molar-refractivity contribution in [2.24, 2.45) is 0 Å². The van der Waals surface area contributed by atoms with Crippen LogP contribution in [0, 0.1) is 6.92 Å². The molecule has 1 heterocycles. The van der Waals surface area contributed by atoms with E-state index in [1.54, 1.807) is 0 Å². The van der Waals surface area contributed by atoms with Crippen molar-refractivity contribution < 1.29 is 0 Å². The van der Waals surface area contributed by atoms with E-state index in [4.69, 9.17) is 11.6 Å². The Bertz CT molecular complexity index is 537. The second-order valence-electron chi connectivity index (χ2n) is 3.85. The highest BCUT2D eigenvalue weighted by Gasteiger charge is 2.13. The van der Waals surface area contributed by atoms with Gasteiger partial charge in [0.2, 0.25) is 5.28 Å². The fourth-order valence-corrected chi connectivity index (χ4v) is 2.34. The van der Waals surface area contributed by atoms with Crippen molar-refractivity contribution in [3.63, 3.8) is 0 Å². The molecule has 17 heavy (non-hydrogen) atoms. The van der Waals surface area contributed by atoms with Crippen LogP contribution >= 0.6 is 27.5 Å². The molecular formula is C12H13BrClN3. The highest BCUT2D eigenvalue weighted by Crippen LogP contribution is 2.26. The molecule has 90 valence electrons. The summed E-state index contributed by atoms with van der Waals surface area (Å²) in [5.74, 6) is 0.902. The molecule has 0 saturated carbocycles. The third kappa shape index (κ3) is 2.38. The SMILES string of the molecule is CCCc1nnc(Cl)n1-c1cccc(Br)c1C. The molecule has 1 aromatic heterocycles. The largest absolute Gasteiger partial charge is 0.269 e. The fraction of sp³-hybridized carbons (Fsp3) is 0.333. The summed E-state index contributed by atoms with van der Waals surface area (Å²) in [6.45, 7) is 4.16. The van der Waals surface area contributed by atoms with Crippen molar-refractivity contribution >= 4 is 27.5 Å². The summed E-state index contributed by atoms with van der Waals surface area (Å²) in [5.41, 5.74) is 2.16. The number of aryl methyl sites for hydroxylation is 1. The molecule has 0 unspecified atom stereocenters. The maximum atomic E-state index is 6.11. The number of nitrogens with zero attached hydrogens (tertiary/aromatic N) is 3. The molecule has 0 amide bonds. The van der Waals surface area contributed by atoms with Crippen LogP contribution in [0.3, 0.4) is 0 Å². The number of rotatable bonds is 3. The van der Waals surface area contributed by atoms with E-state index in [1.807, 2.05) is 29.7 Å². The molecule has 0 radical (unpaired) electrons. The van der Waals surface area contributed by atoms with Crippen molar-refractivity contribution in [1.29, 1.82) is 0 Å². The predicted octanol–water partition coefficient (Wildman–Crippen LogP) is 3.94. The summed E-state index contributed by atoms with van der Waals surface area (Å²) < 4.78 is 2.97. The normalized spacial score (nSPS) is 10.8. The summed E-state index contributed by atoms with van der Waals surface area (Å²) in [5, 5.41) is 8.48. The van der Waals surface area contributed by atoms with Gasteiger partial charge >= 0.3 is 0 Å². The molecule has 0 saturated heterocycles. The summed E-state index contributed by atoms with van der Waals surface area (Å²) in [4.78, 5) is 0. The van der Waals surface area contributed by atoms with Crippen molar-refractivity contribution in [2.45, 2.75) is 26.7 Å². The molecule has 0 spiro atoms. The second kappa shape index (κ2) is 5.19. The molecule has 0 aliphatic carbocycles. The lowest BCUT2D eigenvalue weighted by Gasteiger charge is -2.11. The zero-order chi connectivity index (χ0) is 12.4. The Balaban J connectivity index is 2.59. The van der Waals surface area contributed by atoms with Gasteiger partial charge in [0.1, 0.15) is 5.82 Å². The van der Waals surface area contributed by atoms with E-state index >= 15 is 0 Å². The zero-order valence-corrected chi connectivity index (χ0v) is 12.1. The average Bonchev–Trinajstić information content (AvgIpc) is 2.65. The highest BCUT2D eigenvalue weighted by atomic mass is 79.9. The van der Waals surface area contributed by atoms with Crippen molar-refractivity contribution in [2.75, 3.05) is 0 Å². The van der Waals surface area contributed by atoms with Gasteiger partial charge in [-0.05, 0) is 42.6 Å². The number of aromatic nitrogens is 3. The van der Waals surface area contributed by atoms with Crippen molar-refractivity contribution in [3.8, 4) is 5.69 Å². The Morgan fingerprint density at radius 3 is 2.82 bits per heavy atom. The first-order valence-corrected chi connectivity index (χ1v) is 6.67. The number of hydrogen-bond donors (Lipinski definition) is 0. The van der Waals surface area contributed by atoms with Gasteiger partial charge in [-0.25, -0.2) is 0 Å². The van der Waals surface area contributed by atoms with E-state index in [1.165, 1.54) is 0 Å². The molecule has 3 nitrogen and oxygen atoms in total. The van der Waals surface area contributed by atoms with Crippen LogP contribution in [-0.2, 0) is 6.42 Å². The summed E-state index contributed by atoms with van der Waals surface area (Å²) in [6.07, 6.45) is 1.88. The molecule has 2 aromatic rings. The molecule has 0 N–H and O–H groups in total. The van der Waals surface area contributed by atoms with Crippen LogP contribution in [0.2, 0.25) is 5.28 Å². The van der Waals surface area contributed by atoms with E-state index in [0.29, 0.717) is 5.28 Å². The van der Waals surface area contributed by atoms with E-state index < -0.39 is 0 Å². The number of hydrogen-bond acceptors (Lipinski definition) is 2. The summed E-state index contributed by atoms with van der Waals surface area (Å²) in [6, 6.07) is 6.02. The quantitative estimate of drug-likeness (QED) is 0.859. The molecule has 0 aliphatic rings. The van der Waals surface area contributed by atoms with E-state index in [2.05, 4.69) is 33.1 Å². The third-order valence-corrected chi connectivity index (χ3v) is 3.75. The van der Waals surface area contributed by atoms with Crippen LogP contribution in [0.1, 0.15) is 24.7 Å². The maximum absolute atomic E-state index is 6.11. The lowest BCUT2D eigenvalue weighted by molar-refractivity contribution is 0.800. The first-order valence-electron chi connectivity index (χ1n) is 5.50. The lowest BCUT2D eigenvalue weighted by atomic mass is 10.2. The van der Waals surface area contributed by atoms with Crippen LogP contribution in [0.15, 0.2) is 22.7 Å². The van der Waals surface area contributed by atoms with Crippen LogP contribution in [0.4, 0.5) is 0 Å². The number of benzene rings is 1. The van der Waals surface area contributed by atoms with Crippen LogP contribution in [0.5, 0.6) is 0 Å². The molecule has 5 heteroatoms. The lowest BCUT2D eigenvalue weighted by Crippen LogP contribution is -2.03. The third-order valence-electron chi connectivity index (χ3n) is 2.64. The molecule has 0 aliphatic heterocycles. The van der Waals surface area contributed by atoms with Gasteiger partial charge < -0.3 is 0 Å². The summed E-state index contributed by atoms with van der Waals surface area (Å²) >= 11 is 9.64. The highest BCUT2D eigenvalue weighted by molar-refractivity contribution is 9.10. The van der Waals surface area contributed by atoms with Gasteiger partial charge in [-0.3, -0.25) is 4.57 Å². The van der Waals surface area contributed by atoms with E-state index in [-0.39, 0.29) is 0 Å². The summed E-state index contributed by atoms with van der Waals surface area (Å²) in [7, 11) is 0. The predicted molar refractivity (Wildman–Crippen MR) is 72.8 cm³/mol. The minimum absolute atomic E-state index is 0.412. The van der Waals surface area contributed by atoms with Gasteiger partial charge in [0.25, 0.3) is 0 Å². The van der Waals surface area contributed by atoms with Gasteiger partial charge in [-0.2, -0.15) is 0 Å². The van der Waals surface area contributed by atoms with Crippen LogP contribution < -0.4 is 0 Å². The first-order chi connectivity index (χ1) is 8.15. The Labute approximate surface area is 114 Å². The number of halogens is 2. The minimum atomic E-state index is 0.412. The Morgan fingerprint density at radius 2 is 2.12 bits per heavy atom. The monoisotopic (exact) mass is 313 g/mol. The van der Waals surface area contributed by atoms with Gasteiger partial charge in [0, 0.05) is 10.9 Å². The Kier molecular flexibility index (Phi) is 3.84. The molecule has 1 aromatic carbocycles. The Hall–Kier alpha value is -0.870. The first kappa shape index (κ1) is 12.6. The standard InChI is InChI=1S/C12H13BrClN3/c1-3-5-11-15-16-12(14)17(11)10-7-4-6-9(13)8(10)2/h4,6-7H,3,5H2,1-2H3. The maximum Gasteiger partial charge on any atom is 0.229 e. The Morgan fingerprint density at radius 1 is 1.35 bits per heavy atom. The van der Waals surface area contributed by atoms with Gasteiger partial charge in [0.05, 0.1) is 5.69 Å². The second-order valence-corrected chi connectivity index (χ2v) is 5.05. The molecular weight excluding hydrogens is 302 g/mol. The van der Waals surface area contributed by atoms with Crippen molar-refractivity contribution in [1.82, 2.24) is 14.8 Å². The minimum Gasteiger partial charge on any atom is -0.269 e. The molecule has 2 rings (SSSR count). The van der Waals surface area contributed by atoms with Crippen molar-refractivity contribution in [3.05, 3.63) is 39.3 Å². The topological polar surface area (TPSA) is 30.7 Å². The van der Waals surface area contributed by atoms with Gasteiger partial charge in [0.15, 0.2) is 0 Å². The zero-order valence-electron chi connectivity index (χ0n) is 9.74. The fourth-order valence-electron chi connectivity index (χ4n) is 1.76. The van der Waals surface area contributed by atoms with E-state index in [0.717, 1.165) is 34.4 Å². The van der Waals surface area contributed by atoms with Crippen LogP contribution in [-0.4, -0.2) is 14.8 Å². The van der Waals surface area contributed by atoms with Gasteiger partial charge in [-0.15, -0.1) is 10.2 Å². The van der Waals surface area contributed by atoms with E-state index in [9.17, 15) is 0 Å². The molecule has 0 bridgehead atoms. The van der Waals surface area contributed by atoms with Crippen LogP contribution in [0.25, 0.3) is 5.69 Å². The van der Waals surface area contributed by atoms with Gasteiger partial charge in [-0.1, -0.05) is 28.9 Å². The molecule has 0 atom stereocenters. The average molecular weight is 315 g/mol. The molecule has 0 fully saturated rings. The smallest absolute Gasteiger partial charge is 0.229 e.